The third-order valence-electron chi connectivity index (χ3n) is 2.84. The Balaban J connectivity index is 2.04. The molecular weight excluding hydrogens is 226 g/mol. The molecule has 5 heteroatoms. The van der Waals surface area contributed by atoms with Crippen LogP contribution in [-0.4, -0.2) is 18.5 Å². The predicted molar refractivity (Wildman–Crippen MR) is 60.6 cm³/mol. The quantitative estimate of drug-likeness (QED) is 0.830. The van der Waals surface area contributed by atoms with E-state index in [1.165, 1.54) is 12.1 Å². The average Bonchev–Trinajstić information content (AvgIpc) is 2.36. The highest BCUT2D eigenvalue weighted by Gasteiger charge is 2.21. The molecule has 0 saturated carbocycles. The fourth-order valence-corrected chi connectivity index (χ4v) is 1.90. The molecule has 0 bridgehead atoms. The van der Waals surface area contributed by atoms with Gasteiger partial charge < -0.3 is 10.6 Å². The van der Waals surface area contributed by atoms with Crippen molar-refractivity contribution < 1.29 is 13.6 Å². The molecule has 0 aromatic heterocycles. The third kappa shape index (κ3) is 2.79. The van der Waals surface area contributed by atoms with Gasteiger partial charge in [0.2, 0.25) is 5.91 Å². The van der Waals surface area contributed by atoms with E-state index in [0.717, 1.165) is 31.9 Å². The number of hydrogen-bond donors (Lipinski definition) is 2. The van der Waals surface area contributed by atoms with Crippen molar-refractivity contribution in [3.05, 3.63) is 29.8 Å². The summed E-state index contributed by atoms with van der Waals surface area (Å²) in [4.78, 5) is 11.8. The van der Waals surface area contributed by atoms with Gasteiger partial charge in [0.15, 0.2) is 11.6 Å². The molecule has 17 heavy (non-hydrogen) atoms. The van der Waals surface area contributed by atoms with Crippen LogP contribution in [-0.2, 0) is 4.79 Å². The molecule has 2 rings (SSSR count). The first kappa shape index (κ1) is 12.0. The zero-order chi connectivity index (χ0) is 12.3. The van der Waals surface area contributed by atoms with Gasteiger partial charge >= 0.3 is 0 Å². The van der Waals surface area contributed by atoms with E-state index in [1.54, 1.807) is 0 Å². The first-order chi connectivity index (χ1) is 8.18. The molecule has 0 spiro atoms. The van der Waals surface area contributed by atoms with Crippen molar-refractivity contribution in [2.75, 3.05) is 11.9 Å². The lowest BCUT2D eigenvalue weighted by Crippen LogP contribution is -2.43. The summed E-state index contributed by atoms with van der Waals surface area (Å²) >= 11 is 0. The smallest absolute Gasteiger partial charge is 0.241 e. The number of carbonyl (C=O) groups excluding carboxylic acids is 1. The molecule has 1 aromatic rings. The van der Waals surface area contributed by atoms with Crippen LogP contribution in [0.3, 0.4) is 0 Å². The molecular formula is C12H14F2N2O. The van der Waals surface area contributed by atoms with Crippen molar-refractivity contribution in [2.24, 2.45) is 0 Å². The van der Waals surface area contributed by atoms with Gasteiger partial charge in [-0.3, -0.25) is 4.79 Å². The largest absolute Gasteiger partial charge is 0.322 e. The lowest BCUT2D eigenvalue weighted by atomic mass is 10.0. The van der Waals surface area contributed by atoms with Gasteiger partial charge in [-0.25, -0.2) is 8.78 Å². The first-order valence-electron chi connectivity index (χ1n) is 5.67. The third-order valence-corrected chi connectivity index (χ3v) is 2.84. The minimum Gasteiger partial charge on any atom is -0.322 e. The number of halogens is 2. The molecule has 1 saturated heterocycles. The van der Waals surface area contributed by atoms with Crippen molar-refractivity contribution in [1.29, 1.82) is 0 Å². The van der Waals surface area contributed by atoms with Gasteiger partial charge in [-0.2, -0.15) is 0 Å². The highest BCUT2D eigenvalue weighted by atomic mass is 19.2. The minimum absolute atomic E-state index is 0.109. The molecule has 1 aromatic carbocycles. The number of carbonyl (C=O) groups is 1. The molecule has 1 fully saturated rings. The van der Waals surface area contributed by atoms with Gasteiger partial charge in [0, 0.05) is 0 Å². The summed E-state index contributed by atoms with van der Waals surface area (Å²) in [7, 11) is 0. The van der Waals surface area contributed by atoms with Crippen LogP contribution in [0.5, 0.6) is 0 Å². The molecule has 1 aliphatic rings. The lowest BCUT2D eigenvalue weighted by Gasteiger charge is -2.22. The maximum absolute atomic E-state index is 13.3. The molecule has 1 amide bonds. The Hall–Kier alpha value is -1.49. The van der Waals surface area contributed by atoms with Crippen molar-refractivity contribution in [2.45, 2.75) is 25.3 Å². The molecule has 0 aliphatic carbocycles. The fraction of sp³-hybridized carbons (Fsp3) is 0.417. The summed E-state index contributed by atoms with van der Waals surface area (Å²) in [5.41, 5.74) is -0.109. The Morgan fingerprint density at radius 2 is 2.18 bits per heavy atom. The molecule has 0 unspecified atom stereocenters. The summed E-state index contributed by atoms with van der Waals surface area (Å²) in [5, 5.41) is 5.45. The zero-order valence-electron chi connectivity index (χ0n) is 9.30. The van der Waals surface area contributed by atoms with Crippen LogP contribution in [0.1, 0.15) is 19.3 Å². The highest BCUT2D eigenvalue weighted by Crippen LogP contribution is 2.17. The van der Waals surface area contributed by atoms with Gasteiger partial charge in [0.1, 0.15) is 0 Å². The molecule has 92 valence electrons. The van der Waals surface area contributed by atoms with Gasteiger partial charge in [0.05, 0.1) is 11.7 Å². The highest BCUT2D eigenvalue weighted by molar-refractivity contribution is 5.94. The van der Waals surface area contributed by atoms with Crippen LogP contribution in [0.2, 0.25) is 0 Å². The molecule has 1 aliphatic heterocycles. The van der Waals surface area contributed by atoms with E-state index in [1.807, 2.05) is 0 Å². The molecule has 0 radical (unpaired) electrons. The fourth-order valence-electron chi connectivity index (χ4n) is 1.90. The Morgan fingerprint density at radius 1 is 1.35 bits per heavy atom. The molecule has 1 heterocycles. The number of piperidine rings is 1. The van der Waals surface area contributed by atoms with Crippen LogP contribution in [0.15, 0.2) is 18.2 Å². The summed E-state index contributed by atoms with van der Waals surface area (Å²) in [6.45, 7) is 0.781. The summed E-state index contributed by atoms with van der Waals surface area (Å²) < 4.78 is 26.2. The monoisotopic (exact) mass is 240 g/mol. The lowest BCUT2D eigenvalue weighted by molar-refractivity contribution is -0.118. The number of nitrogens with one attached hydrogen (secondary N) is 2. The van der Waals surface area contributed by atoms with Gasteiger partial charge in [-0.1, -0.05) is 12.5 Å². The van der Waals surface area contributed by atoms with Gasteiger partial charge in [-0.15, -0.1) is 0 Å². The van der Waals surface area contributed by atoms with E-state index in [0.29, 0.717) is 0 Å². The number of hydrogen-bond acceptors (Lipinski definition) is 2. The van der Waals surface area contributed by atoms with E-state index in [4.69, 9.17) is 0 Å². The molecule has 3 nitrogen and oxygen atoms in total. The second-order valence-electron chi connectivity index (χ2n) is 4.09. The van der Waals surface area contributed by atoms with Crippen LogP contribution < -0.4 is 10.6 Å². The van der Waals surface area contributed by atoms with Crippen molar-refractivity contribution in [3.8, 4) is 0 Å². The van der Waals surface area contributed by atoms with Crippen molar-refractivity contribution in [3.63, 3.8) is 0 Å². The molecule has 2 N–H and O–H groups in total. The Labute approximate surface area is 98.2 Å². The van der Waals surface area contributed by atoms with Crippen molar-refractivity contribution in [1.82, 2.24) is 5.32 Å². The van der Waals surface area contributed by atoms with Gasteiger partial charge in [-0.05, 0) is 31.5 Å². The maximum Gasteiger partial charge on any atom is 0.241 e. The van der Waals surface area contributed by atoms with E-state index in [-0.39, 0.29) is 17.6 Å². The van der Waals surface area contributed by atoms with E-state index < -0.39 is 11.6 Å². The Kier molecular flexibility index (Phi) is 3.68. The predicted octanol–water partition coefficient (Wildman–Crippen LogP) is 2.05. The first-order valence-corrected chi connectivity index (χ1v) is 5.67. The zero-order valence-corrected chi connectivity index (χ0v) is 9.30. The maximum atomic E-state index is 13.3. The standard InChI is InChI=1S/C12H14F2N2O/c13-8-4-3-6-9(11(8)14)16-12(17)10-5-1-2-7-15-10/h3-4,6,10,15H,1-2,5,7H2,(H,16,17)/t10-/m0/s1. The number of rotatable bonds is 2. The minimum atomic E-state index is -1.02. The summed E-state index contributed by atoms with van der Waals surface area (Å²) in [6.07, 6.45) is 2.73. The van der Waals surface area contributed by atoms with Gasteiger partial charge in [0.25, 0.3) is 0 Å². The van der Waals surface area contributed by atoms with E-state index in [2.05, 4.69) is 10.6 Å². The Morgan fingerprint density at radius 3 is 2.88 bits per heavy atom. The van der Waals surface area contributed by atoms with Crippen LogP contribution >= 0.6 is 0 Å². The normalized spacial score (nSPS) is 20.0. The second-order valence-corrected chi connectivity index (χ2v) is 4.09. The average molecular weight is 240 g/mol. The second kappa shape index (κ2) is 5.23. The summed E-state index contributed by atoms with van der Waals surface area (Å²) in [6, 6.07) is 3.41. The summed E-state index contributed by atoms with van der Waals surface area (Å²) in [5.74, 6) is -2.29. The molecule has 1 atom stereocenters. The van der Waals surface area contributed by atoms with Crippen LogP contribution in [0.4, 0.5) is 14.5 Å². The SMILES string of the molecule is O=C(Nc1cccc(F)c1F)[C@@H]1CCCCN1. The van der Waals surface area contributed by atoms with Crippen molar-refractivity contribution >= 4 is 11.6 Å². The number of amides is 1. The van der Waals surface area contributed by atoms with Crippen LogP contribution in [0.25, 0.3) is 0 Å². The van der Waals surface area contributed by atoms with E-state index in [9.17, 15) is 13.6 Å². The van der Waals surface area contributed by atoms with Crippen LogP contribution in [0, 0.1) is 11.6 Å². The topological polar surface area (TPSA) is 41.1 Å². The number of anilines is 1. The van der Waals surface area contributed by atoms with E-state index >= 15 is 0 Å². The Bertz CT molecular complexity index is 417. The number of benzene rings is 1.